The molecule has 29 heavy (non-hydrogen) atoms. The Hall–Kier alpha value is -2.51. The monoisotopic (exact) mass is 432 g/mol. The highest BCUT2D eigenvalue weighted by Crippen LogP contribution is 2.24. The van der Waals surface area contributed by atoms with Crippen molar-refractivity contribution in [3.8, 4) is 0 Å². The van der Waals surface area contributed by atoms with Gasteiger partial charge in [-0.15, -0.1) is 11.8 Å². The van der Waals surface area contributed by atoms with E-state index in [-0.39, 0.29) is 18.9 Å². The lowest BCUT2D eigenvalue weighted by Crippen LogP contribution is -2.24. The number of thioether (sulfide) groups is 1. The van der Waals surface area contributed by atoms with Crippen LogP contribution in [-0.4, -0.2) is 36.7 Å². The fraction of sp³-hybridized carbons (Fsp3) is 0.286. The van der Waals surface area contributed by atoms with Crippen LogP contribution in [0.15, 0.2) is 53.4 Å². The first-order valence-corrected chi connectivity index (χ1v) is 10.6. The molecule has 0 bridgehead atoms. The van der Waals surface area contributed by atoms with Crippen molar-refractivity contribution < 1.29 is 19.1 Å². The van der Waals surface area contributed by atoms with Crippen molar-refractivity contribution in [1.29, 1.82) is 0 Å². The number of rotatable bonds is 8. The minimum Gasteiger partial charge on any atom is -0.456 e. The molecule has 8 heteroatoms. The van der Waals surface area contributed by atoms with Crippen LogP contribution < -0.4 is 10.2 Å². The Morgan fingerprint density at radius 3 is 2.69 bits per heavy atom. The number of halogens is 1. The molecule has 1 saturated heterocycles. The summed E-state index contributed by atoms with van der Waals surface area (Å²) in [6.45, 7) is 0.333. The molecule has 0 unspecified atom stereocenters. The first-order chi connectivity index (χ1) is 14.0. The molecule has 1 aliphatic heterocycles. The van der Waals surface area contributed by atoms with Crippen LogP contribution in [0, 0.1) is 0 Å². The molecule has 6 nitrogen and oxygen atoms in total. The summed E-state index contributed by atoms with van der Waals surface area (Å²) in [5, 5.41) is 3.36. The van der Waals surface area contributed by atoms with Crippen LogP contribution in [0.3, 0.4) is 0 Å². The fourth-order valence-corrected chi connectivity index (χ4v) is 3.83. The Labute approximate surface area is 178 Å². The van der Waals surface area contributed by atoms with Gasteiger partial charge in [0, 0.05) is 40.0 Å². The Balaban J connectivity index is 1.39. The van der Waals surface area contributed by atoms with Gasteiger partial charge >= 0.3 is 5.97 Å². The number of carbonyl (C=O) groups excluding carboxylic acids is 3. The zero-order valence-corrected chi connectivity index (χ0v) is 17.3. The number of amides is 2. The maximum atomic E-state index is 12.1. The second-order valence-electron chi connectivity index (χ2n) is 6.46. The number of carbonyl (C=O) groups is 3. The van der Waals surface area contributed by atoms with Gasteiger partial charge < -0.3 is 15.0 Å². The van der Waals surface area contributed by atoms with Crippen LogP contribution in [0.1, 0.15) is 19.3 Å². The molecule has 2 aromatic rings. The zero-order chi connectivity index (χ0) is 20.6. The molecule has 1 heterocycles. The van der Waals surface area contributed by atoms with E-state index in [2.05, 4.69) is 5.32 Å². The van der Waals surface area contributed by atoms with Gasteiger partial charge in [0.25, 0.3) is 5.91 Å². The molecule has 1 N–H and O–H groups in total. The Morgan fingerprint density at radius 1 is 1.17 bits per heavy atom. The second-order valence-corrected chi connectivity index (χ2v) is 8.07. The maximum absolute atomic E-state index is 12.1. The molecule has 1 aliphatic rings. The summed E-state index contributed by atoms with van der Waals surface area (Å²) < 4.78 is 5.03. The smallest absolute Gasteiger partial charge is 0.307 e. The average molecular weight is 433 g/mol. The van der Waals surface area contributed by atoms with Crippen LogP contribution in [0.4, 0.5) is 11.4 Å². The summed E-state index contributed by atoms with van der Waals surface area (Å²) in [4.78, 5) is 38.4. The van der Waals surface area contributed by atoms with Crippen LogP contribution in [0.25, 0.3) is 0 Å². The molecule has 0 saturated carbocycles. The van der Waals surface area contributed by atoms with Crippen molar-refractivity contribution in [3.63, 3.8) is 0 Å². The third-order valence-electron chi connectivity index (χ3n) is 4.27. The zero-order valence-electron chi connectivity index (χ0n) is 15.7. The lowest BCUT2D eigenvalue weighted by Gasteiger charge is -2.16. The predicted octanol–water partition coefficient (Wildman–Crippen LogP) is 4.13. The van der Waals surface area contributed by atoms with Gasteiger partial charge in [0.15, 0.2) is 6.61 Å². The van der Waals surface area contributed by atoms with Crippen molar-refractivity contribution in [3.05, 3.63) is 53.6 Å². The van der Waals surface area contributed by atoms with E-state index in [1.807, 2.05) is 18.2 Å². The van der Waals surface area contributed by atoms with Gasteiger partial charge in [0.2, 0.25) is 5.91 Å². The Bertz CT molecular complexity index is 889. The quantitative estimate of drug-likeness (QED) is 0.501. The van der Waals surface area contributed by atoms with E-state index in [1.54, 1.807) is 35.2 Å². The van der Waals surface area contributed by atoms with E-state index in [0.29, 0.717) is 29.4 Å². The predicted molar refractivity (Wildman–Crippen MR) is 114 cm³/mol. The second kappa shape index (κ2) is 10.3. The minimum absolute atomic E-state index is 0.0823. The molecule has 2 aromatic carbocycles. The maximum Gasteiger partial charge on any atom is 0.307 e. The van der Waals surface area contributed by atoms with E-state index in [0.717, 1.165) is 17.0 Å². The lowest BCUT2D eigenvalue weighted by atomic mass is 10.2. The molecule has 0 atom stereocenters. The van der Waals surface area contributed by atoms with Gasteiger partial charge in [-0.2, -0.15) is 0 Å². The lowest BCUT2D eigenvalue weighted by molar-refractivity contribution is -0.146. The summed E-state index contributed by atoms with van der Waals surface area (Å²) in [7, 11) is 0. The van der Waals surface area contributed by atoms with Gasteiger partial charge in [-0.25, -0.2) is 0 Å². The first kappa shape index (κ1) is 21.2. The summed E-state index contributed by atoms with van der Waals surface area (Å²) in [6, 6.07) is 14.4. The van der Waals surface area contributed by atoms with Crippen molar-refractivity contribution in [2.75, 3.05) is 29.1 Å². The summed E-state index contributed by atoms with van der Waals surface area (Å²) in [6.07, 6.45) is 1.58. The number of ether oxygens (including phenoxy) is 1. The summed E-state index contributed by atoms with van der Waals surface area (Å²) >= 11 is 7.35. The van der Waals surface area contributed by atoms with E-state index >= 15 is 0 Å². The van der Waals surface area contributed by atoms with E-state index in [9.17, 15) is 14.4 Å². The molecular formula is C21H21ClN2O4S. The van der Waals surface area contributed by atoms with Gasteiger partial charge in [-0.1, -0.05) is 17.7 Å². The SMILES string of the molecule is O=C(COC(=O)CCSc1ccc(Cl)cc1)Nc1cccc(N2CCCC2=O)c1. The Kier molecular flexibility index (Phi) is 7.55. The van der Waals surface area contributed by atoms with Gasteiger partial charge in [-0.05, 0) is 48.9 Å². The molecule has 152 valence electrons. The third-order valence-corrected chi connectivity index (χ3v) is 5.53. The van der Waals surface area contributed by atoms with Crippen LogP contribution in [-0.2, 0) is 19.1 Å². The first-order valence-electron chi connectivity index (χ1n) is 9.25. The number of anilines is 2. The molecule has 0 aliphatic carbocycles. The summed E-state index contributed by atoms with van der Waals surface area (Å²) in [5.74, 6) is -0.223. The number of nitrogens with one attached hydrogen (secondary N) is 1. The largest absolute Gasteiger partial charge is 0.456 e. The standard InChI is InChI=1S/C21H21ClN2O4S/c22-15-6-8-18(9-7-15)29-12-10-21(27)28-14-19(25)23-16-3-1-4-17(13-16)24-11-2-5-20(24)26/h1,3-4,6-9,13H,2,5,10-12,14H2,(H,23,25). The highest BCUT2D eigenvalue weighted by Gasteiger charge is 2.21. The van der Waals surface area contributed by atoms with Gasteiger partial charge in [0.1, 0.15) is 0 Å². The minimum atomic E-state index is -0.432. The normalized spacial score (nSPS) is 13.4. The summed E-state index contributed by atoms with van der Waals surface area (Å²) in [5.41, 5.74) is 1.31. The van der Waals surface area contributed by atoms with Crippen LogP contribution >= 0.6 is 23.4 Å². The third kappa shape index (κ3) is 6.51. The van der Waals surface area contributed by atoms with Crippen LogP contribution in [0.5, 0.6) is 0 Å². The van der Waals surface area contributed by atoms with Crippen molar-refractivity contribution in [2.45, 2.75) is 24.2 Å². The topological polar surface area (TPSA) is 75.7 Å². The molecule has 2 amide bonds. The van der Waals surface area contributed by atoms with E-state index in [4.69, 9.17) is 16.3 Å². The van der Waals surface area contributed by atoms with Crippen LogP contribution in [0.2, 0.25) is 5.02 Å². The number of nitrogens with zero attached hydrogens (tertiary/aromatic N) is 1. The highest BCUT2D eigenvalue weighted by molar-refractivity contribution is 7.99. The number of hydrogen-bond donors (Lipinski definition) is 1. The molecule has 0 spiro atoms. The molecular weight excluding hydrogens is 412 g/mol. The van der Waals surface area contributed by atoms with E-state index in [1.165, 1.54) is 11.8 Å². The fourth-order valence-electron chi connectivity index (χ4n) is 2.87. The molecule has 3 rings (SSSR count). The van der Waals surface area contributed by atoms with Crippen molar-refractivity contribution >= 4 is 52.5 Å². The Morgan fingerprint density at radius 2 is 1.97 bits per heavy atom. The van der Waals surface area contributed by atoms with Gasteiger partial charge in [0.05, 0.1) is 6.42 Å². The number of esters is 1. The van der Waals surface area contributed by atoms with Crippen molar-refractivity contribution in [1.82, 2.24) is 0 Å². The molecule has 0 radical (unpaired) electrons. The number of hydrogen-bond acceptors (Lipinski definition) is 5. The number of benzene rings is 2. The average Bonchev–Trinajstić information content (AvgIpc) is 3.14. The van der Waals surface area contributed by atoms with Gasteiger partial charge in [-0.3, -0.25) is 14.4 Å². The van der Waals surface area contributed by atoms with E-state index < -0.39 is 11.9 Å². The highest BCUT2D eigenvalue weighted by atomic mass is 35.5. The molecule has 0 aromatic heterocycles. The van der Waals surface area contributed by atoms with Crippen molar-refractivity contribution in [2.24, 2.45) is 0 Å². The molecule has 1 fully saturated rings.